The zero-order valence-corrected chi connectivity index (χ0v) is 11.7. The van der Waals surface area contributed by atoms with Crippen molar-refractivity contribution in [2.24, 2.45) is 29.1 Å². The van der Waals surface area contributed by atoms with Gasteiger partial charge in [-0.25, -0.2) is 0 Å². The van der Waals surface area contributed by atoms with Crippen molar-refractivity contribution in [3.05, 3.63) is 0 Å². The number of hydrogen-bond donors (Lipinski definition) is 2. The first-order chi connectivity index (χ1) is 8.13. The van der Waals surface area contributed by atoms with Crippen molar-refractivity contribution in [1.29, 1.82) is 0 Å². The molecule has 6 atom stereocenters. The van der Waals surface area contributed by atoms with Crippen LogP contribution in [-0.4, -0.2) is 27.2 Å². The Bertz CT molecular complexity index is 406. The fourth-order valence-corrected chi connectivity index (χ4v) is 5.93. The predicted molar refractivity (Wildman–Crippen MR) is 67.8 cm³/mol. The molecular formula is C15H24O3. The van der Waals surface area contributed by atoms with Crippen LogP contribution in [0.15, 0.2) is 0 Å². The number of carbonyl (C=O) groups is 1. The smallest absolute Gasteiger partial charge is 0.139 e. The fraction of sp³-hybridized carbons (Fsp3) is 0.933. The fourth-order valence-electron chi connectivity index (χ4n) is 5.93. The second kappa shape index (κ2) is 3.18. The van der Waals surface area contributed by atoms with Crippen molar-refractivity contribution in [3.8, 4) is 0 Å². The second-order valence-corrected chi connectivity index (χ2v) is 7.70. The Morgan fingerprint density at radius 1 is 1.39 bits per heavy atom. The lowest BCUT2D eigenvalue weighted by molar-refractivity contribution is -0.338. The maximum Gasteiger partial charge on any atom is 0.139 e. The summed E-state index contributed by atoms with van der Waals surface area (Å²) in [6.07, 6.45) is 2.38. The van der Waals surface area contributed by atoms with Gasteiger partial charge in [-0.05, 0) is 43.9 Å². The number of carbonyl (C=O) groups excluding carboxylic acids is 1. The summed E-state index contributed by atoms with van der Waals surface area (Å²) in [7, 11) is 0. The van der Waals surface area contributed by atoms with Gasteiger partial charge in [0.2, 0.25) is 0 Å². The Morgan fingerprint density at radius 3 is 2.50 bits per heavy atom. The van der Waals surface area contributed by atoms with E-state index < -0.39 is 11.2 Å². The molecule has 2 N–H and O–H groups in total. The zero-order valence-electron chi connectivity index (χ0n) is 11.7. The lowest BCUT2D eigenvalue weighted by Crippen LogP contribution is -2.82. The highest BCUT2D eigenvalue weighted by Gasteiger charge is 2.79. The standard InChI is InChI=1S/C15H24O3/c1-8-7-9(16)12-14(4)6-5-10(13(2,3)17)15(12,18)11(8)14/h8,10-12,17-18H,5-7H2,1-4H3/t8-,10+,11-,12+,14-,15-/m1/s1. The van der Waals surface area contributed by atoms with Crippen LogP contribution in [0.5, 0.6) is 0 Å². The second-order valence-electron chi connectivity index (χ2n) is 7.70. The molecule has 4 rings (SSSR count). The van der Waals surface area contributed by atoms with Gasteiger partial charge in [0.15, 0.2) is 0 Å². The van der Waals surface area contributed by atoms with Crippen LogP contribution in [0.1, 0.15) is 47.0 Å². The molecule has 0 heterocycles. The number of Topliss-reactive ketones (excluding diaryl/α,β-unsaturated/α-hetero) is 1. The average Bonchev–Trinajstić information content (AvgIpc) is 2.11. The SMILES string of the molecule is C[C@@H]1CC(=O)[C@H]2[C@]3(C)CC[C@@H](C(C)(C)O)[C@@]2(O)[C@H]13. The van der Waals surface area contributed by atoms with Crippen LogP contribution >= 0.6 is 0 Å². The maximum absolute atomic E-state index is 12.3. The largest absolute Gasteiger partial charge is 0.390 e. The molecule has 4 bridgehead atoms. The Morgan fingerprint density at radius 2 is 2.00 bits per heavy atom. The molecule has 4 aliphatic rings. The van der Waals surface area contributed by atoms with Crippen LogP contribution in [0.25, 0.3) is 0 Å². The maximum atomic E-state index is 12.3. The van der Waals surface area contributed by atoms with Crippen molar-refractivity contribution in [3.63, 3.8) is 0 Å². The minimum Gasteiger partial charge on any atom is -0.390 e. The van der Waals surface area contributed by atoms with Crippen molar-refractivity contribution in [2.75, 3.05) is 0 Å². The van der Waals surface area contributed by atoms with Gasteiger partial charge in [-0.1, -0.05) is 13.8 Å². The van der Waals surface area contributed by atoms with Gasteiger partial charge >= 0.3 is 0 Å². The third-order valence-corrected chi connectivity index (χ3v) is 6.13. The summed E-state index contributed by atoms with van der Waals surface area (Å²) in [5, 5.41) is 21.5. The molecule has 0 aromatic heterocycles. The minimum absolute atomic E-state index is 0.0226. The predicted octanol–water partition coefficient (Wildman–Crippen LogP) is 1.76. The summed E-state index contributed by atoms with van der Waals surface area (Å²) in [5.41, 5.74) is -1.89. The Balaban J connectivity index is 2.08. The molecule has 4 saturated carbocycles. The number of rotatable bonds is 1. The number of hydrogen-bond acceptors (Lipinski definition) is 3. The highest BCUT2D eigenvalue weighted by atomic mass is 16.3. The van der Waals surface area contributed by atoms with E-state index in [1.54, 1.807) is 13.8 Å². The van der Waals surface area contributed by atoms with E-state index in [2.05, 4.69) is 13.8 Å². The third kappa shape index (κ3) is 1.16. The Kier molecular flexibility index (Phi) is 2.23. The molecule has 0 aromatic rings. The first kappa shape index (κ1) is 12.6. The molecule has 4 fully saturated rings. The van der Waals surface area contributed by atoms with Crippen LogP contribution in [0.3, 0.4) is 0 Å². The molecule has 0 radical (unpaired) electrons. The molecule has 3 heteroatoms. The summed E-state index contributed by atoms with van der Waals surface area (Å²) < 4.78 is 0. The minimum atomic E-state index is -0.958. The molecule has 0 saturated heterocycles. The lowest BCUT2D eigenvalue weighted by Gasteiger charge is -2.76. The van der Waals surface area contributed by atoms with Crippen molar-refractivity contribution >= 4 is 5.78 Å². The van der Waals surface area contributed by atoms with E-state index in [1.165, 1.54) is 0 Å². The number of fused-ring (bicyclic) bond motifs is 2. The van der Waals surface area contributed by atoms with Gasteiger partial charge in [-0.2, -0.15) is 0 Å². The third-order valence-electron chi connectivity index (χ3n) is 6.13. The van der Waals surface area contributed by atoms with Crippen LogP contribution in [0, 0.1) is 29.1 Å². The Labute approximate surface area is 109 Å². The molecule has 0 aromatic carbocycles. The molecule has 3 nitrogen and oxygen atoms in total. The molecule has 0 aliphatic heterocycles. The van der Waals surface area contributed by atoms with Gasteiger partial charge in [-0.15, -0.1) is 0 Å². The molecule has 102 valence electrons. The summed E-state index contributed by atoms with van der Waals surface area (Å²) in [5.74, 6) is 0.217. The monoisotopic (exact) mass is 252 g/mol. The van der Waals surface area contributed by atoms with Crippen molar-refractivity contribution in [1.82, 2.24) is 0 Å². The normalized spacial score (nSPS) is 55.1. The average molecular weight is 252 g/mol. The number of aliphatic hydroxyl groups is 2. The highest BCUT2D eigenvalue weighted by Crippen LogP contribution is 2.74. The molecular weight excluding hydrogens is 228 g/mol. The summed E-state index contributed by atoms with van der Waals surface area (Å²) >= 11 is 0. The topological polar surface area (TPSA) is 57.5 Å². The highest BCUT2D eigenvalue weighted by molar-refractivity contribution is 5.87. The van der Waals surface area contributed by atoms with E-state index in [9.17, 15) is 15.0 Å². The van der Waals surface area contributed by atoms with Gasteiger partial charge < -0.3 is 10.2 Å². The molecule has 0 amide bonds. The van der Waals surface area contributed by atoms with Crippen molar-refractivity contribution in [2.45, 2.75) is 58.2 Å². The first-order valence-electron chi connectivity index (χ1n) is 7.11. The van der Waals surface area contributed by atoms with Gasteiger partial charge in [0.25, 0.3) is 0 Å². The van der Waals surface area contributed by atoms with Crippen LogP contribution in [0.4, 0.5) is 0 Å². The van der Waals surface area contributed by atoms with E-state index in [0.717, 1.165) is 12.8 Å². The van der Waals surface area contributed by atoms with Gasteiger partial charge in [0.05, 0.1) is 17.1 Å². The molecule has 0 spiro atoms. The van der Waals surface area contributed by atoms with E-state index in [0.29, 0.717) is 6.42 Å². The van der Waals surface area contributed by atoms with Gasteiger partial charge in [0.1, 0.15) is 5.78 Å². The van der Waals surface area contributed by atoms with Gasteiger partial charge in [-0.3, -0.25) is 4.79 Å². The van der Waals surface area contributed by atoms with E-state index in [4.69, 9.17) is 0 Å². The zero-order chi connectivity index (χ0) is 13.5. The van der Waals surface area contributed by atoms with Crippen molar-refractivity contribution < 1.29 is 15.0 Å². The van der Waals surface area contributed by atoms with Crippen LogP contribution < -0.4 is 0 Å². The Hall–Kier alpha value is -0.410. The van der Waals surface area contributed by atoms with Gasteiger partial charge in [0, 0.05) is 12.3 Å². The number of ketones is 1. The first-order valence-corrected chi connectivity index (χ1v) is 7.11. The summed E-state index contributed by atoms with van der Waals surface area (Å²) in [6.45, 7) is 7.77. The quantitative estimate of drug-likeness (QED) is 0.747. The van der Waals surface area contributed by atoms with E-state index >= 15 is 0 Å². The molecule has 4 aliphatic carbocycles. The lowest BCUT2D eigenvalue weighted by atomic mass is 9.29. The van der Waals surface area contributed by atoms with E-state index in [1.807, 2.05) is 0 Å². The van der Waals surface area contributed by atoms with E-state index in [-0.39, 0.29) is 34.9 Å². The van der Waals surface area contributed by atoms with Crippen LogP contribution in [0.2, 0.25) is 0 Å². The molecule has 18 heavy (non-hydrogen) atoms. The summed E-state index contributed by atoms with van der Waals surface area (Å²) in [4.78, 5) is 12.3. The van der Waals surface area contributed by atoms with Crippen LogP contribution in [-0.2, 0) is 4.79 Å². The summed E-state index contributed by atoms with van der Waals surface area (Å²) in [6, 6.07) is 0. The molecule has 0 unspecified atom stereocenters.